The minimum atomic E-state index is -0.321. The second-order valence-corrected chi connectivity index (χ2v) is 5.17. The van der Waals surface area contributed by atoms with Crippen molar-refractivity contribution in [2.45, 2.75) is 6.42 Å². The van der Waals surface area contributed by atoms with Crippen LogP contribution in [0.4, 0.5) is 0 Å². The van der Waals surface area contributed by atoms with Crippen LogP contribution in [0, 0.1) is 6.23 Å². The van der Waals surface area contributed by atoms with Crippen LogP contribution in [-0.4, -0.2) is 17.6 Å². The first-order chi connectivity index (χ1) is 10.8. The van der Waals surface area contributed by atoms with Crippen LogP contribution in [0.2, 0.25) is 0 Å². The summed E-state index contributed by atoms with van der Waals surface area (Å²) in [4.78, 5) is 11.7. The third-order valence-corrected chi connectivity index (χ3v) is 3.87. The van der Waals surface area contributed by atoms with Gasteiger partial charge in [-0.25, -0.2) is 0 Å². The average molecular weight is 559 g/mol. The minimum Gasteiger partial charge on any atom is -0.504 e. The Morgan fingerprint density at radius 2 is 1.91 bits per heavy atom. The van der Waals surface area contributed by atoms with Gasteiger partial charge in [-0.2, -0.15) is 0 Å². The predicted molar refractivity (Wildman–Crippen MR) is 83.3 cm³/mol. The molecule has 0 aliphatic carbocycles. The maximum absolute atomic E-state index is 11.7. The van der Waals surface area contributed by atoms with E-state index in [4.69, 9.17) is 9.47 Å². The summed E-state index contributed by atoms with van der Waals surface area (Å²) < 4.78 is 12.8. The Balaban J connectivity index is 0.00000156. The minimum absolute atomic E-state index is 0. The molecule has 1 aliphatic rings. The number of esters is 1. The molecule has 0 fully saturated rings. The zero-order chi connectivity index (χ0) is 15.1. The zero-order valence-electron chi connectivity index (χ0n) is 12.8. The molecule has 2 aromatic carbocycles. The smallest absolute Gasteiger partial charge is 0.302 e. The first-order valence-electron chi connectivity index (χ1n) is 7.08. The summed E-state index contributed by atoms with van der Waals surface area (Å²) in [5.41, 5.74) is 3.07. The summed E-state index contributed by atoms with van der Waals surface area (Å²) in [6.45, 7) is 0. The van der Waals surface area contributed by atoms with Gasteiger partial charge in [0.25, 0.3) is 0 Å². The SMILES string of the molecule is COC(=O)C[C-]1Oc2ccccc2-c2cc3ccccc3n21.[Rf]. The third kappa shape index (κ3) is 2.03. The fourth-order valence-electron chi connectivity index (χ4n) is 2.87. The Hall–Kier alpha value is -3.88. The van der Waals surface area contributed by atoms with Gasteiger partial charge in [-0.1, -0.05) is 65.1 Å². The number of hydrogen-bond donors (Lipinski definition) is 0. The molecule has 0 saturated carbocycles. The summed E-state index contributed by atoms with van der Waals surface area (Å²) in [5.74, 6) is 0.440. The molecule has 1 aliphatic heterocycles. The van der Waals surface area contributed by atoms with Crippen LogP contribution in [0.25, 0.3) is 22.2 Å². The van der Waals surface area contributed by atoms with Crippen molar-refractivity contribution in [2.24, 2.45) is 0 Å². The maximum atomic E-state index is 11.7. The Kier molecular flexibility index (Phi) is 3.15. The van der Waals surface area contributed by atoms with E-state index in [9.17, 15) is 4.79 Å². The molecule has 0 amide bonds. The fourth-order valence-corrected chi connectivity index (χ4v) is 2.87. The number of para-hydroxylation sites is 2. The molecule has 4 nitrogen and oxygen atoms in total. The average Bonchev–Trinajstić information content (AvgIpc) is 2.95. The van der Waals surface area contributed by atoms with Crippen molar-refractivity contribution in [3.8, 4) is 17.0 Å². The van der Waals surface area contributed by atoms with Crippen molar-refractivity contribution in [1.29, 1.82) is 0 Å². The molecular weight excluding hydrogens is 545 g/mol. The van der Waals surface area contributed by atoms with Crippen LogP contribution < -0.4 is 4.74 Å². The molecule has 0 bridgehead atoms. The van der Waals surface area contributed by atoms with Crippen molar-refractivity contribution < 1.29 is 14.3 Å². The Bertz CT molecular complexity index is 872. The Morgan fingerprint density at radius 1 is 1.17 bits per heavy atom. The monoisotopic (exact) mass is 559 g/mol. The van der Waals surface area contributed by atoms with E-state index in [2.05, 4.69) is 12.1 Å². The molecule has 0 unspecified atom stereocenters. The van der Waals surface area contributed by atoms with Crippen molar-refractivity contribution >= 4 is 16.9 Å². The second kappa shape index (κ2) is 5.15. The predicted octanol–water partition coefficient (Wildman–Crippen LogP) is 3.60. The van der Waals surface area contributed by atoms with Gasteiger partial charge in [-0.3, -0.25) is 4.79 Å². The van der Waals surface area contributed by atoms with E-state index in [1.807, 2.05) is 47.0 Å². The maximum Gasteiger partial charge on any atom is 0.302 e. The number of benzene rings is 2. The van der Waals surface area contributed by atoms with Gasteiger partial charge in [-0.15, -0.1) is 0 Å². The number of methoxy groups -OCH3 is 1. The van der Waals surface area contributed by atoms with Gasteiger partial charge in [0.05, 0.1) is 19.8 Å². The van der Waals surface area contributed by atoms with Crippen LogP contribution in [0.3, 0.4) is 0 Å². The molecule has 5 heteroatoms. The first-order valence-corrected chi connectivity index (χ1v) is 7.08. The summed E-state index contributed by atoms with van der Waals surface area (Å²) in [5, 5.41) is 1.11. The molecule has 23 heavy (non-hydrogen) atoms. The fraction of sp³-hybridized carbons (Fsp3) is 0.111. The summed E-state index contributed by atoms with van der Waals surface area (Å²) in [6, 6.07) is 18.0. The van der Waals surface area contributed by atoms with Crippen molar-refractivity contribution in [1.82, 2.24) is 4.57 Å². The quantitative estimate of drug-likeness (QED) is 0.356. The number of carbonyl (C=O) groups is 1. The van der Waals surface area contributed by atoms with Crippen molar-refractivity contribution in [3.05, 3.63) is 60.8 Å². The number of fused-ring (bicyclic) bond motifs is 5. The van der Waals surface area contributed by atoms with Crippen LogP contribution in [-0.2, 0) is 9.53 Å². The molecule has 0 radical (unpaired) electrons. The van der Waals surface area contributed by atoms with E-state index < -0.39 is 0 Å². The van der Waals surface area contributed by atoms with Crippen LogP contribution in [0.5, 0.6) is 5.75 Å². The van der Waals surface area contributed by atoms with Gasteiger partial charge >= 0.3 is 5.97 Å². The van der Waals surface area contributed by atoms with Crippen LogP contribution >= 0.6 is 0 Å². The molecule has 2 heterocycles. The van der Waals surface area contributed by atoms with E-state index in [1.165, 1.54) is 7.11 Å². The van der Waals surface area contributed by atoms with Crippen molar-refractivity contribution in [3.63, 3.8) is 0 Å². The molecule has 3 aromatic rings. The standard InChI is InChI=1S/C18H14NO3.Rf/c1-21-18(20)11-17-19-14-8-4-2-6-12(14)10-15(19)13-7-3-5-9-16(13)22-17;/h2-10H,11H2,1H3;/q-1;. The molecule has 0 saturated heterocycles. The Labute approximate surface area is 127 Å². The topological polar surface area (TPSA) is 40.5 Å². The van der Waals surface area contributed by atoms with Gasteiger partial charge in [0.1, 0.15) is 5.75 Å². The molecule has 112 valence electrons. The van der Waals surface area contributed by atoms with Gasteiger partial charge in [-0.05, 0) is 11.6 Å². The number of hydrogen-bond acceptors (Lipinski definition) is 3. The first kappa shape index (κ1) is 14.1. The van der Waals surface area contributed by atoms with Gasteiger partial charge < -0.3 is 14.0 Å². The number of aromatic nitrogens is 1. The number of nitrogens with zero attached hydrogens (tertiary/aromatic N) is 1. The number of ether oxygens (including phenoxy) is 2. The zero-order valence-corrected chi connectivity index (χ0v) is 19.2. The van der Waals surface area contributed by atoms with E-state index in [-0.39, 0.29) is 12.4 Å². The van der Waals surface area contributed by atoms with Gasteiger partial charge in [0.2, 0.25) is 0 Å². The van der Waals surface area contributed by atoms with E-state index in [1.54, 1.807) is 0 Å². The summed E-state index contributed by atoms with van der Waals surface area (Å²) in [7, 11) is 1.38. The van der Waals surface area contributed by atoms with E-state index >= 15 is 0 Å². The van der Waals surface area contributed by atoms with Crippen molar-refractivity contribution in [2.75, 3.05) is 7.11 Å². The molecule has 0 atom stereocenters. The normalized spacial score (nSPS) is 12.0. The number of rotatable bonds is 2. The summed E-state index contributed by atoms with van der Waals surface area (Å²) >= 11 is 0. The van der Waals surface area contributed by atoms with Crippen LogP contribution in [0.1, 0.15) is 6.42 Å². The molecule has 0 N–H and O–H groups in total. The largest absolute Gasteiger partial charge is 0.504 e. The molecule has 1 aromatic heterocycles. The van der Waals surface area contributed by atoms with E-state index in [0.717, 1.165) is 27.9 Å². The molecule has 4 rings (SSSR count). The van der Waals surface area contributed by atoms with E-state index in [0.29, 0.717) is 6.23 Å². The van der Waals surface area contributed by atoms with Gasteiger partial charge in [0.15, 0.2) is 0 Å². The third-order valence-electron chi connectivity index (χ3n) is 3.87. The molecule has 0 spiro atoms. The second-order valence-electron chi connectivity index (χ2n) is 5.17. The Morgan fingerprint density at radius 3 is 2.74 bits per heavy atom. The molecular formula is C18H14NO3Rf-. The number of carbonyl (C=O) groups excluding carboxylic acids is 1. The van der Waals surface area contributed by atoms with Crippen LogP contribution in [0.15, 0.2) is 54.6 Å². The summed E-state index contributed by atoms with van der Waals surface area (Å²) in [6.07, 6.45) is 0.665. The van der Waals surface area contributed by atoms with Gasteiger partial charge in [0, 0.05) is 0 Å².